The van der Waals surface area contributed by atoms with Crippen molar-refractivity contribution in [2.45, 2.75) is 31.8 Å². The van der Waals surface area contributed by atoms with Gasteiger partial charge in [-0.3, -0.25) is 20.2 Å². The third-order valence-corrected chi connectivity index (χ3v) is 3.03. The van der Waals surface area contributed by atoms with E-state index in [-0.39, 0.29) is 0 Å². The van der Waals surface area contributed by atoms with Crippen LogP contribution in [0.15, 0.2) is 30.3 Å². The molecule has 0 bridgehead atoms. The van der Waals surface area contributed by atoms with E-state index in [4.69, 9.17) is 5.11 Å². The Hall–Kier alpha value is -1.95. The zero-order valence-corrected chi connectivity index (χ0v) is 11.0. The Morgan fingerprint density at radius 1 is 1.42 bits per heavy atom. The number of carboxylic acids is 1. The van der Waals surface area contributed by atoms with Crippen molar-refractivity contribution in [3.8, 4) is 0 Å². The number of nitro groups is 1. The van der Waals surface area contributed by atoms with Crippen LogP contribution < -0.4 is 5.32 Å². The Kier molecular flexibility index (Phi) is 5.00. The van der Waals surface area contributed by atoms with Crippen molar-refractivity contribution in [1.29, 1.82) is 0 Å². The van der Waals surface area contributed by atoms with E-state index < -0.39 is 22.5 Å². The number of hydrogen-bond donors (Lipinski definition) is 2. The number of aliphatic carboxylic acids is 1. The van der Waals surface area contributed by atoms with Gasteiger partial charge in [-0.1, -0.05) is 30.3 Å². The lowest BCUT2D eigenvalue weighted by molar-refractivity contribution is -0.563. The molecule has 2 N–H and O–H groups in total. The van der Waals surface area contributed by atoms with E-state index in [9.17, 15) is 14.9 Å². The standard InChI is InChI=1S/C13H18N2O4/c1-13(2,15(18)19)11(12(16)17)14-9-8-10-6-4-3-5-7-10/h3-7,11,14H,8-9H2,1-2H3,(H,16,17)/t11-/m1/s1. The maximum Gasteiger partial charge on any atom is 0.328 e. The van der Waals surface area contributed by atoms with E-state index in [0.717, 1.165) is 5.56 Å². The van der Waals surface area contributed by atoms with E-state index >= 15 is 0 Å². The summed E-state index contributed by atoms with van der Waals surface area (Å²) in [6.07, 6.45) is 0.623. The summed E-state index contributed by atoms with van der Waals surface area (Å²) in [4.78, 5) is 21.5. The Balaban J connectivity index is 2.61. The highest BCUT2D eigenvalue weighted by Crippen LogP contribution is 2.14. The zero-order valence-electron chi connectivity index (χ0n) is 11.0. The van der Waals surface area contributed by atoms with Crippen molar-refractivity contribution < 1.29 is 14.8 Å². The average Bonchev–Trinajstić information content (AvgIpc) is 2.35. The lowest BCUT2D eigenvalue weighted by atomic mass is 9.95. The van der Waals surface area contributed by atoms with Crippen molar-refractivity contribution in [3.63, 3.8) is 0 Å². The van der Waals surface area contributed by atoms with Gasteiger partial charge in [0.25, 0.3) is 0 Å². The van der Waals surface area contributed by atoms with Gasteiger partial charge in [0.05, 0.1) is 0 Å². The van der Waals surface area contributed by atoms with E-state index in [1.165, 1.54) is 13.8 Å². The smallest absolute Gasteiger partial charge is 0.328 e. The minimum atomic E-state index is -1.55. The minimum absolute atomic E-state index is 0.373. The van der Waals surface area contributed by atoms with Crippen LogP contribution in [0.25, 0.3) is 0 Å². The Morgan fingerprint density at radius 3 is 2.47 bits per heavy atom. The van der Waals surface area contributed by atoms with Gasteiger partial charge in [0, 0.05) is 25.3 Å². The third kappa shape index (κ3) is 4.03. The maximum atomic E-state index is 11.1. The normalized spacial score (nSPS) is 12.9. The quantitative estimate of drug-likeness (QED) is 0.573. The molecule has 0 saturated carbocycles. The summed E-state index contributed by atoms with van der Waals surface area (Å²) in [6, 6.07) is 8.32. The summed E-state index contributed by atoms with van der Waals surface area (Å²) in [5.41, 5.74) is -0.499. The van der Waals surface area contributed by atoms with Crippen LogP contribution in [0.1, 0.15) is 19.4 Å². The van der Waals surface area contributed by atoms with Gasteiger partial charge in [-0.2, -0.15) is 0 Å². The van der Waals surface area contributed by atoms with Gasteiger partial charge in [0.15, 0.2) is 6.04 Å². The number of nitrogens with one attached hydrogen (secondary N) is 1. The monoisotopic (exact) mass is 266 g/mol. The van der Waals surface area contributed by atoms with Gasteiger partial charge in [0.2, 0.25) is 5.54 Å². The second-order valence-electron chi connectivity index (χ2n) is 4.87. The van der Waals surface area contributed by atoms with Crippen LogP contribution in [-0.2, 0) is 11.2 Å². The van der Waals surface area contributed by atoms with Crippen LogP contribution in [0.4, 0.5) is 0 Å². The molecule has 0 aromatic heterocycles. The number of hydrogen-bond acceptors (Lipinski definition) is 4. The minimum Gasteiger partial charge on any atom is -0.480 e. The van der Waals surface area contributed by atoms with Crippen LogP contribution >= 0.6 is 0 Å². The highest BCUT2D eigenvalue weighted by atomic mass is 16.6. The van der Waals surface area contributed by atoms with Crippen LogP contribution in [0, 0.1) is 10.1 Å². The molecular formula is C13H18N2O4. The predicted molar refractivity (Wildman–Crippen MR) is 70.6 cm³/mol. The fourth-order valence-corrected chi connectivity index (χ4v) is 1.75. The summed E-state index contributed by atoms with van der Waals surface area (Å²) in [7, 11) is 0. The molecule has 0 amide bonds. The molecule has 6 nitrogen and oxygen atoms in total. The molecule has 0 aliphatic heterocycles. The first-order valence-electron chi connectivity index (χ1n) is 6.00. The number of carboxylic acid groups (broad SMARTS) is 1. The SMILES string of the molecule is CC(C)([C@H](NCCc1ccccc1)C(=O)O)[N+](=O)[O-]. The second-order valence-corrected chi connectivity index (χ2v) is 4.87. The third-order valence-electron chi connectivity index (χ3n) is 3.03. The van der Waals surface area contributed by atoms with Gasteiger partial charge >= 0.3 is 5.97 Å². The molecule has 0 radical (unpaired) electrons. The molecule has 0 unspecified atom stereocenters. The molecule has 1 atom stereocenters. The van der Waals surface area contributed by atoms with Crippen LogP contribution in [-0.4, -0.2) is 34.1 Å². The lowest BCUT2D eigenvalue weighted by Crippen LogP contribution is -2.56. The van der Waals surface area contributed by atoms with E-state index in [0.29, 0.717) is 13.0 Å². The molecule has 0 spiro atoms. The lowest BCUT2D eigenvalue weighted by Gasteiger charge is -2.24. The van der Waals surface area contributed by atoms with Crippen molar-refractivity contribution in [1.82, 2.24) is 5.32 Å². The molecule has 19 heavy (non-hydrogen) atoms. The molecule has 1 aromatic rings. The summed E-state index contributed by atoms with van der Waals surface area (Å²) in [5, 5.41) is 22.7. The molecular weight excluding hydrogens is 248 g/mol. The first-order valence-corrected chi connectivity index (χ1v) is 6.00. The Labute approximate surface area is 111 Å². The molecule has 0 heterocycles. The van der Waals surface area contributed by atoms with Crippen LogP contribution in [0.2, 0.25) is 0 Å². The zero-order chi connectivity index (χ0) is 14.5. The summed E-state index contributed by atoms with van der Waals surface area (Å²) in [5.74, 6) is -1.21. The summed E-state index contributed by atoms with van der Waals surface area (Å²) in [6.45, 7) is 2.99. The first kappa shape index (κ1) is 15.1. The number of carbonyl (C=O) groups is 1. The highest BCUT2D eigenvalue weighted by Gasteiger charge is 2.45. The van der Waals surface area contributed by atoms with Crippen molar-refractivity contribution in [2.24, 2.45) is 0 Å². The second kappa shape index (κ2) is 6.29. The molecule has 0 aliphatic rings. The van der Waals surface area contributed by atoms with Crippen molar-refractivity contribution in [3.05, 3.63) is 46.0 Å². The Bertz CT molecular complexity index is 445. The molecule has 0 saturated heterocycles. The van der Waals surface area contributed by atoms with Crippen LogP contribution in [0.5, 0.6) is 0 Å². The summed E-state index contributed by atoms with van der Waals surface area (Å²) < 4.78 is 0. The fourth-order valence-electron chi connectivity index (χ4n) is 1.75. The molecule has 1 aromatic carbocycles. The summed E-state index contributed by atoms with van der Waals surface area (Å²) >= 11 is 0. The Morgan fingerprint density at radius 2 is 2.00 bits per heavy atom. The number of nitrogens with zero attached hydrogens (tertiary/aromatic N) is 1. The molecule has 6 heteroatoms. The van der Waals surface area contributed by atoms with Crippen molar-refractivity contribution >= 4 is 5.97 Å². The van der Waals surface area contributed by atoms with Crippen LogP contribution in [0.3, 0.4) is 0 Å². The maximum absolute atomic E-state index is 11.1. The van der Waals surface area contributed by atoms with Gasteiger partial charge in [-0.15, -0.1) is 0 Å². The van der Waals surface area contributed by atoms with Crippen molar-refractivity contribution in [2.75, 3.05) is 6.54 Å². The molecule has 1 rings (SSSR count). The van der Waals surface area contributed by atoms with E-state index in [1.807, 2.05) is 30.3 Å². The van der Waals surface area contributed by atoms with Gasteiger partial charge in [0.1, 0.15) is 0 Å². The number of rotatable bonds is 7. The molecule has 0 fully saturated rings. The predicted octanol–water partition coefficient (Wildman–Crippen LogP) is 1.33. The number of benzene rings is 1. The average molecular weight is 266 g/mol. The van der Waals surface area contributed by atoms with E-state index in [2.05, 4.69) is 5.32 Å². The van der Waals surface area contributed by atoms with Gasteiger partial charge in [-0.25, -0.2) is 0 Å². The highest BCUT2D eigenvalue weighted by molar-refractivity contribution is 5.75. The van der Waals surface area contributed by atoms with E-state index in [1.54, 1.807) is 0 Å². The molecule has 104 valence electrons. The van der Waals surface area contributed by atoms with Gasteiger partial charge < -0.3 is 5.11 Å². The van der Waals surface area contributed by atoms with Gasteiger partial charge in [-0.05, 0) is 12.0 Å². The topological polar surface area (TPSA) is 92.5 Å². The largest absolute Gasteiger partial charge is 0.480 e. The first-order chi connectivity index (χ1) is 8.85. The fraction of sp³-hybridized carbons (Fsp3) is 0.462. The molecule has 0 aliphatic carbocycles.